The molecule has 0 radical (unpaired) electrons. The Hall–Kier alpha value is -3.88. The van der Waals surface area contributed by atoms with Gasteiger partial charge < -0.3 is 14.2 Å². The van der Waals surface area contributed by atoms with E-state index in [1.165, 1.54) is 11.1 Å². The summed E-state index contributed by atoms with van der Waals surface area (Å²) < 4.78 is 26.0. The lowest BCUT2D eigenvalue weighted by Crippen LogP contribution is -2.33. The van der Waals surface area contributed by atoms with E-state index in [0.29, 0.717) is 22.3 Å². The number of ether oxygens (including phenoxy) is 1. The number of carbonyl (C=O) groups is 1. The molecule has 2 aromatic carbocycles. The van der Waals surface area contributed by atoms with Gasteiger partial charge in [-0.05, 0) is 36.4 Å². The molecule has 2 aromatic heterocycles. The van der Waals surface area contributed by atoms with Crippen LogP contribution in [0.2, 0.25) is 0 Å². The van der Waals surface area contributed by atoms with E-state index < -0.39 is 5.67 Å². The van der Waals surface area contributed by atoms with Crippen LogP contribution in [0.1, 0.15) is 22.8 Å². The molecule has 0 spiro atoms. The molecule has 1 atom stereocenters. The van der Waals surface area contributed by atoms with Crippen molar-refractivity contribution in [2.45, 2.75) is 12.1 Å². The van der Waals surface area contributed by atoms with Gasteiger partial charge in [-0.25, -0.2) is 9.37 Å². The van der Waals surface area contributed by atoms with E-state index in [-0.39, 0.29) is 42.8 Å². The first-order valence-corrected chi connectivity index (χ1v) is 9.74. The first kappa shape index (κ1) is 19.1. The van der Waals surface area contributed by atoms with E-state index in [1.54, 1.807) is 37.4 Å². The summed E-state index contributed by atoms with van der Waals surface area (Å²) in [6, 6.07) is 14.3. The number of aromatic nitrogens is 4. The summed E-state index contributed by atoms with van der Waals surface area (Å²) in [6.45, 7) is 0.0225. The third-order valence-electron chi connectivity index (χ3n) is 5.33. The fourth-order valence-corrected chi connectivity index (χ4v) is 3.61. The number of hydrogen-bond donors (Lipinski definition) is 0. The van der Waals surface area contributed by atoms with Crippen LogP contribution >= 0.6 is 0 Å². The molecule has 1 aliphatic heterocycles. The number of fused-ring (bicyclic) bond motifs is 1. The number of likely N-dealkylation sites (tertiary alicyclic amines) is 1. The van der Waals surface area contributed by atoms with Gasteiger partial charge in [0.1, 0.15) is 11.4 Å². The minimum atomic E-state index is -1.92. The van der Waals surface area contributed by atoms with E-state index in [4.69, 9.17) is 9.26 Å². The second kappa shape index (κ2) is 7.42. The fraction of sp³-hybridized carbons (Fsp3) is 0.227. The number of carbonyl (C=O) groups excluding carboxylic acids is 1. The van der Waals surface area contributed by atoms with E-state index in [2.05, 4.69) is 20.1 Å². The van der Waals surface area contributed by atoms with Crippen LogP contribution in [0.15, 0.2) is 59.3 Å². The standard InChI is InChI=1S/C22H18FN5O3/c1-30-15-8-6-14(7-9-15)19-26-21(31-27-19)22(23)10-11-28(13-22)20(29)18-12-24-16-4-2-3-5-17(16)25-18/h2-9,12H,10-11,13H2,1H3. The molecule has 0 N–H and O–H groups in total. The molecule has 156 valence electrons. The van der Waals surface area contributed by atoms with E-state index in [1.807, 2.05) is 18.2 Å². The topological polar surface area (TPSA) is 94.2 Å². The van der Waals surface area contributed by atoms with Gasteiger partial charge in [-0.15, -0.1) is 0 Å². The summed E-state index contributed by atoms with van der Waals surface area (Å²) in [4.78, 5) is 27.1. The van der Waals surface area contributed by atoms with Gasteiger partial charge in [0, 0.05) is 18.5 Å². The molecule has 0 saturated carbocycles. The average molecular weight is 419 g/mol. The van der Waals surface area contributed by atoms with Gasteiger partial charge in [-0.1, -0.05) is 17.3 Å². The number of hydrogen-bond acceptors (Lipinski definition) is 7. The van der Waals surface area contributed by atoms with E-state index >= 15 is 4.39 Å². The third-order valence-corrected chi connectivity index (χ3v) is 5.33. The smallest absolute Gasteiger partial charge is 0.274 e. The average Bonchev–Trinajstić information content (AvgIpc) is 3.47. The van der Waals surface area contributed by atoms with Crippen LogP contribution in [-0.2, 0) is 5.67 Å². The van der Waals surface area contributed by atoms with Gasteiger partial charge in [0.25, 0.3) is 11.8 Å². The Labute approximate surface area is 176 Å². The first-order chi connectivity index (χ1) is 15.1. The number of methoxy groups -OCH3 is 1. The Bertz CT molecular complexity index is 1260. The molecule has 8 nitrogen and oxygen atoms in total. The van der Waals surface area contributed by atoms with Crippen molar-refractivity contribution in [2.24, 2.45) is 0 Å². The summed E-state index contributed by atoms with van der Waals surface area (Å²) >= 11 is 0. The van der Waals surface area contributed by atoms with Gasteiger partial charge in [0.05, 0.1) is 30.9 Å². The van der Waals surface area contributed by atoms with Crippen LogP contribution in [0.4, 0.5) is 4.39 Å². The zero-order valence-electron chi connectivity index (χ0n) is 16.7. The summed E-state index contributed by atoms with van der Waals surface area (Å²) in [6.07, 6.45) is 1.47. The Morgan fingerprint density at radius 3 is 2.68 bits per heavy atom. The molecule has 4 aromatic rings. The van der Waals surface area contributed by atoms with Crippen LogP contribution < -0.4 is 4.74 Å². The minimum absolute atomic E-state index is 0.0595. The lowest BCUT2D eigenvalue weighted by atomic mass is 10.1. The summed E-state index contributed by atoms with van der Waals surface area (Å²) in [5.74, 6) is 0.446. The highest BCUT2D eigenvalue weighted by atomic mass is 19.1. The molecule has 1 amide bonds. The van der Waals surface area contributed by atoms with Gasteiger partial charge >= 0.3 is 0 Å². The molecule has 31 heavy (non-hydrogen) atoms. The van der Waals surface area contributed by atoms with E-state index in [0.717, 1.165) is 0 Å². The maximum absolute atomic E-state index is 15.6. The first-order valence-electron chi connectivity index (χ1n) is 9.74. The van der Waals surface area contributed by atoms with Crippen molar-refractivity contribution in [2.75, 3.05) is 20.2 Å². The van der Waals surface area contributed by atoms with Gasteiger partial charge in [0.15, 0.2) is 0 Å². The van der Waals surface area contributed by atoms with Crippen LogP contribution in [-0.4, -0.2) is 51.1 Å². The number of alkyl halides is 1. The van der Waals surface area contributed by atoms with Gasteiger partial charge in [0.2, 0.25) is 11.5 Å². The Morgan fingerprint density at radius 2 is 1.90 bits per heavy atom. The van der Waals surface area contributed by atoms with Crippen LogP contribution in [0.5, 0.6) is 5.75 Å². The van der Waals surface area contributed by atoms with Crippen LogP contribution in [0, 0.1) is 0 Å². The quantitative estimate of drug-likeness (QED) is 0.500. The van der Waals surface area contributed by atoms with Crippen molar-refractivity contribution in [1.82, 2.24) is 25.0 Å². The largest absolute Gasteiger partial charge is 0.497 e. The lowest BCUT2D eigenvalue weighted by Gasteiger charge is -2.17. The molecule has 1 unspecified atom stereocenters. The fourth-order valence-electron chi connectivity index (χ4n) is 3.61. The number of benzene rings is 2. The highest BCUT2D eigenvalue weighted by molar-refractivity contribution is 5.94. The molecular weight excluding hydrogens is 401 g/mol. The number of halogens is 1. The molecule has 0 bridgehead atoms. The van der Waals surface area contributed by atoms with Crippen LogP contribution in [0.25, 0.3) is 22.4 Å². The van der Waals surface area contributed by atoms with Crippen molar-refractivity contribution in [1.29, 1.82) is 0 Å². The lowest BCUT2D eigenvalue weighted by molar-refractivity contribution is 0.0711. The molecule has 1 fully saturated rings. The van der Waals surface area contributed by atoms with Crippen molar-refractivity contribution in [3.8, 4) is 17.1 Å². The maximum Gasteiger partial charge on any atom is 0.274 e. The minimum Gasteiger partial charge on any atom is -0.497 e. The molecule has 5 rings (SSSR count). The van der Waals surface area contributed by atoms with Crippen molar-refractivity contribution in [3.05, 3.63) is 66.3 Å². The Kier molecular flexibility index (Phi) is 4.58. The number of rotatable bonds is 4. The number of amides is 1. The third kappa shape index (κ3) is 3.48. The van der Waals surface area contributed by atoms with Gasteiger partial charge in [-0.2, -0.15) is 4.98 Å². The predicted octanol–water partition coefficient (Wildman–Crippen LogP) is 3.40. The molecule has 3 heterocycles. The summed E-state index contributed by atoms with van der Waals surface area (Å²) in [5.41, 5.74) is 0.235. The molecule has 1 saturated heterocycles. The predicted molar refractivity (Wildman–Crippen MR) is 109 cm³/mol. The normalized spacial score (nSPS) is 18.5. The Morgan fingerprint density at radius 1 is 1.13 bits per heavy atom. The highest BCUT2D eigenvalue weighted by Crippen LogP contribution is 2.36. The number of nitrogens with zero attached hydrogens (tertiary/aromatic N) is 5. The molecular formula is C22H18FN5O3. The SMILES string of the molecule is COc1ccc(-c2noc(C3(F)CCN(C(=O)c4cnc5ccccc5n4)C3)n2)cc1. The molecule has 1 aliphatic rings. The molecule has 0 aliphatic carbocycles. The highest BCUT2D eigenvalue weighted by Gasteiger charge is 2.46. The zero-order chi connectivity index (χ0) is 21.4. The maximum atomic E-state index is 15.6. The second-order valence-corrected chi connectivity index (χ2v) is 7.34. The van der Waals surface area contributed by atoms with Gasteiger partial charge in [-0.3, -0.25) is 9.78 Å². The number of para-hydroxylation sites is 2. The zero-order valence-corrected chi connectivity index (χ0v) is 16.7. The summed E-state index contributed by atoms with van der Waals surface area (Å²) in [7, 11) is 1.57. The van der Waals surface area contributed by atoms with E-state index in [9.17, 15) is 4.79 Å². The van der Waals surface area contributed by atoms with Crippen molar-refractivity contribution in [3.63, 3.8) is 0 Å². The Balaban J connectivity index is 1.35. The second-order valence-electron chi connectivity index (χ2n) is 7.34. The van der Waals surface area contributed by atoms with Crippen molar-refractivity contribution >= 4 is 16.9 Å². The van der Waals surface area contributed by atoms with Crippen LogP contribution in [0.3, 0.4) is 0 Å². The molecule has 9 heteroatoms. The monoisotopic (exact) mass is 419 g/mol. The summed E-state index contributed by atoms with van der Waals surface area (Å²) in [5, 5.41) is 3.90. The van der Waals surface area contributed by atoms with Crippen molar-refractivity contribution < 1.29 is 18.4 Å².